The van der Waals surface area contributed by atoms with Crippen LogP contribution in [0.5, 0.6) is 0 Å². The third kappa shape index (κ3) is 3.96. The zero-order chi connectivity index (χ0) is 20.4. The lowest BCUT2D eigenvalue weighted by Crippen LogP contribution is -2.36. The highest BCUT2D eigenvalue weighted by Crippen LogP contribution is 2.28. The summed E-state index contributed by atoms with van der Waals surface area (Å²) in [6, 6.07) is 9.98. The lowest BCUT2D eigenvalue weighted by atomic mass is 10.0. The van der Waals surface area contributed by atoms with Crippen LogP contribution in [0.2, 0.25) is 0 Å². The maximum atomic E-state index is 13.0. The van der Waals surface area contributed by atoms with Gasteiger partial charge in [0.05, 0.1) is 11.3 Å². The van der Waals surface area contributed by atoms with Crippen molar-refractivity contribution >= 4 is 34.4 Å². The highest BCUT2D eigenvalue weighted by atomic mass is 32.2. The molecular weight excluding hydrogens is 384 g/mol. The van der Waals surface area contributed by atoms with Crippen molar-refractivity contribution in [2.45, 2.75) is 51.2 Å². The second kappa shape index (κ2) is 8.45. The Balaban J connectivity index is 1.59. The van der Waals surface area contributed by atoms with E-state index < -0.39 is 0 Å². The quantitative estimate of drug-likeness (QED) is 0.494. The van der Waals surface area contributed by atoms with Crippen molar-refractivity contribution in [2.24, 2.45) is 0 Å². The van der Waals surface area contributed by atoms with Gasteiger partial charge in [0.1, 0.15) is 5.52 Å². The molecule has 0 aliphatic carbocycles. The molecule has 1 N–H and O–H groups in total. The van der Waals surface area contributed by atoms with Gasteiger partial charge in [0.15, 0.2) is 5.16 Å². The van der Waals surface area contributed by atoms with Crippen LogP contribution in [0.25, 0.3) is 11.0 Å². The fraction of sp³-hybridized carbons (Fsp3) is 0.409. The molecule has 0 radical (unpaired) electrons. The molecule has 7 heteroatoms. The Bertz CT molecular complexity index is 1100. The number of carbonyl (C=O) groups is 1. The SMILES string of the molecule is CCCCn1c(SCC(=O)N2CCCc3ccccc32)nc2cc(C)[nH]c2c1=O. The maximum Gasteiger partial charge on any atom is 0.278 e. The van der Waals surface area contributed by atoms with Gasteiger partial charge in [0.2, 0.25) is 5.91 Å². The molecule has 4 rings (SSSR count). The highest BCUT2D eigenvalue weighted by molar-refractivity contribution is 7.99. The number of nitrogens with one attached hydrogen (secondary N) is 1. The first-order valence-corrected chi connectivity index (χ1v) is 11.2. The topological polar surface area (TPSA) is 71.0 Å². The van der Waals surface area contributed by atoms with E-state index in [1.54, 1.807) is 4.57 Å². The number of aryl methyl sites for hydroxylation is 2. The molecule has 3 heterocycles. The zero-order valence-corrected chi connectivity index (χ0v) is 17.7. The summed E-state index contributed by atoms with van der Waals surface area (Å²) in [6.07, 6.45) is 3.87. The van der Waals surface area contributed by atoms with Gasteiger partial charge in [-0.25, -0.2) is 4.98 Å². The standard InChI is InChI=1S/C22H26N4O2S/c1-3-4-11-26-21(28)20-17(13-15(2)23-20)24-22(26)29-14-19(27)25-12-7-9-16-8-5-6-10-18(16)25/h5-6,8,10,13,23H,3-4,7,9,11-12,14H2,1-2H3. The lowest BCUT2D eigenvalue weighted by Gasteiger charge is -2.29. The fourth-order valence-corrected chi connectivity index (χ4v) is 4.73. The first-order chi connectivity index (χ1) is 14.1. The molecule has 29 heavy (non-hydrogen) atoms. The summed E-state index contributed by atoms with van der Waals surface area (Å²) < 4.78 is 1.71. The molecule has 0 unspecified atom stereocenters. The summed E-state index contributed by atoms with van der Waals surface area (Å²) in [7, 11) is 0. The van der Waals surface area contributed by atoms with Gasteiger partial charge in [-0.05, 0) is 43.9 Å². The third-order valence-corrected chi connectivity index (χ3v) is 6.27. The molecule has 2 aromatic heterocycles. The van der Waals surface area contributed by atoms with Crippen molar-refractivity contribution < 1.29 is 4.79 Å². The van der Waals surface area contributed by atoms with Gasteiger partial charge in [-0.15, -0.1) is 0 Å². The van der Waals surface area contributed by atoms with Gasteiger partial charge >= 0.3 is 0 Å². The molecule has 0 bridgehead atoms. The second-order valence-corrected chi connectivity index (χ2v) is 8.43. The zero-order valence-electron chi connectivity index (χ0n) is 16.9. The maximum absolute atomic E-state index is 13.0. The number of thioether (sulfide) groups is 1. The Morgan fingerprint density at radius 2 is 2.14 bits per heavy atom. The number of para-hydroxylation sites is 1. The van der Waals surface area contributed by atoms with Crippen LogP contribution in [0.3, 0.4) is 0 Å². The summed E-state index contributed by atoms with van der Waals surface area (Å²) in [6.45, 7) is 5.36. The normalized spacial score (nSPS) is 13.7. The molecule has 152 valence electrons. The predicted octanol–water partition coefficient (Wildman–Crippen LogP) is 3.90. The van der Waals surface area contributed by atoms with Gasteiger partial charge < -0.3 is 9.88 Å². The van der Waals surface area contributed by atoms with E-state index in [0.29, 0.717) is 22.7 Å². The Morgan fingerprint density at radius 3 is 2.97 bits per heavy atom. The van der Waals surface area contributed by atoms with E-state index in [1.165, 1.54) is 17.3 Å². The smallest absolute Gasteiger partial charge is 0.278 e. The van der Waals surface area contributed by atoms with E-state index in [-0.39, 0.29) is 17.2 Å². The minimum atomic E-state index is -0.0604. The van der Waals surface area contributed by atoms with Crippen molar-refractivity contribution in [3.05, 3.63) is 51.9 Å². The van der Waals surface area contributed by atoms with Gasteiger partial charge in [-0.2, -0.15) is 0 Å². The van der Waals surface area contributed by atoms with Crippen LogP contribution in [0, 0.1) is 6.92 Å². The molecule has 0 saturated heterocycles. The van der Waals surface area contributed by atoms with Crippen molar-refractivity contribution in [1.82, 2.24) is 14.5 Å². The van der Waals surface area contributed by atoms with Crippen LogP contribution in [-0.4, -0.2) is 32.7 Å². The van der Waals surface area contributed by atoms with Crippen molar-refractivity contribution in [2.75, 3.05) is 17.2 Å². The monoisotopic (exact) mass is 410 g/mol. The summed E-state index contributed by atoms with van der Waals surface area (Å²) in [5, 5.41) is 0.619. The molecule has 0 fully saturated rings. The third-order valence-electron chi connectivity index (χ3n) is 5.31. The van der Waals surface area contributed by atoms with E-state index in [1.807, 2.05) is 36.1 Å². The molecule has 6 nitrogen and oxygen atoms in total. The fourth-order valence-electron chi connectivity index (χ4n) is 3.83. The summed E-state index contributed by atoms with van der Waals surface area (Å²) in [4.78, 5) is 35.6. The summed E-state index contributed by atoms with van der Waals surface area (Å²) >= 11 is 1.36. The van der Waals surface area contributed by atoms with Gasteiger partial charge in [-0.3, -0.25) is 14.2 Å². The number of carbonyl (C=O) groups excluding carboxylic acids is 1. The molecule has 1 aliphatic heterocycles. The first kappa shape index (κ1) is 19.8. The summed E-state index contributed by atoms with van der Waals surface area (Å²) in [5.74, 6) is 0.325. The Kier molecular flexibility index (Phi) is 5.76. The molecule has 1 aromatic carbocycles. The molecule has 1 aliphatic rings. The lowest BCUT2D eigenvalue weighted by molar-refractivity contribution is -0.116. The molecule has 3 aromatic rings. The van der Waals surface area contributed by atoms with Crippen molar-refractivity contribution in [3.63, 3.8) is 0 Å². The van der Waals surface area contributed by atoms with E-state index in [9.17, 15) is 9.59 Å². The van der Waals surface area contributed by atoms with Crippen molar-refractivity contribution in [3.8, 4) is 0 Å². The Morgan fingerprint density at radius 1 is 1.31 bits per heavy atom. The number of rotatable bonds is 6. The first-order valence-electron chi connectivity index (χ1n) is 10.2. The number of fused-ring (bicyclic) bond motifs is 2. The number of amides is 1. The molecular formula is C22H26N4O2S. The predicted molar refractivity (Wildman–Crippen MR) is 118 cm³/mol. The average Bonchev–Trinajstić information content (AvgIpc) is 3.11. The van der Waals surface area contributed by atoms with E-state index >= 15 is 0 Å². The number of aromatic amines is 1. The van der Waals surface area contributed by atoms with E-state index in [2.05, 4.69) is 18.0 Å². The summed E-state index contributed by atoms with van der Waals surface area (Å²) in [5.41, 5.74) is 4.29. The largest absolute Gasteiger partial charge is 0.353 e. The van der Waals surface area contributed by atoms with Gasteiger partial charge in [-0.1, -0.05) is 43.3 Å². The minimum absolute atomic E-state index is 0.0591. The number of nitrogens with zero attached hydrogens (tertiary/aromatic N) is 3. The Hall–Kier alpha value is -2.54. The van der Waals surface area contributed by atoms with Crippen LogP contribution >= 0.6 is 11.8 Å². The number of aromatic nitrogens is 3. The van der Waals surface area contributed by atoms with E-state index in [4.69, 9.17) is 4.98 Å². The average molecular weight is 411 g/mol. The number of benzene rings is 1. The number of anilines is 1. The van der Waals surface area contributed by atoms with E-state index in [0.717, 1.165) is 43.6 Å². The van der Waals surface area contributed by atoms with Crippen LogP contribution in [0.15, 0.2) is 40.3 Å². The molecule has 0 saturated carbocycles. The molecule has 1 amide bonds. The van der Waals surface area contributed by atoms with Crippen molar-refractivity contribution in [1.29, 1.82) is 0 Å². The molecule has 0 spiro atoms. The number of unbranched alkanes of at least 4 members (excludes halogenated alkanes) is 1. The number of hydrogen-bond donors (Lipinski definition) is 1. The van der Waals surface area contributed by atoms with Crippen LogP contribution in [0.4, 0.5) is 5.69 Å². The van der Waals surface area contributed by atoms with Gasteiger partial charge in [0, 0.05) is 24.5 Å². The molecule has 0 atom stereocenters. The number of hydrogen-bond acceptors (Lipinski definition) is 4. The van der Waals surface area contributed by atoms with Gasteiger partial charge in [0.25, 0.3) is 5.56 Å². The van der Waals surface area contributed by atoms with Crippen LogP contribution in [0.1, 0.15) is 37.4 Å². The minimum Gasteiger partial charge on any atom is -0.353 e. The van der Waals surface area contributed by atoms with Crippen LogP contribution < -0.4 is 10.5 Å². The number of H-pyrrole nitrogens is 1. The highest BCUT2D eigenvalue weighted by Gasteiger charge is 2.23. The second-order valence-electron chi connectivity index (χ2n) is 7.48. The Labute approximate surface area is 174 Å². The van der Waals surface area contributed by atoms with Crippen LogP contribution in [-0.2, 0) is 17.8 Å².